The molecule has 252 valence electrons. The van der Waals surface area contributed by atoms with Crippen LogP contribution in [0.5, 0.6) is 5.75 Å². The van der Waals surface area contributed by atoms with Crippen LogP contribution in [0.4, 0.5) is 22.0 Å². The first-order valence-electron chi connectivity index (χ1n) is 14.7. The molecule has 1 aliphatic rings. The molecule has 0 unspecified atom stereocenters. The maximum absolute atomic E-state index is 14.1. The standard InChI is InChI=1S/C34H34Cl2F5N3O3/c1-33(2)15-19(16-34(3,4)44-33)42-32(46)25(43-26(45)13-12-21-27(37)29(39)31(41)30(40)28(21)38)14-18-8-10-20(11-9-18)47-17-22-23(35)6-5-7-24(22)36/h5-13,19,25,44H,14-17H2,1-4H3,(H,42,46)(H,43,45)/b13-12+/t25-/m0/s1. The molecule has 1 aliphatic heterocycles. The number of carbonyl (C=O) groups is 2. The Morgan fingerprint density at radius 1 is 0.894 bits per heavy atom. The second-order valence-electron chi connectivity index (χ2n) is 12.7. The molecule has 3 aromatic carbocycles. The van der Waals surface area contributed by atoms with Crippen molar-refractivity contribution >= 4 is 41.1 Å². The van der Waals surface area contributed by atoms with Gasteiger partial charge in [0.2, 0.25) is 17.6 Å². The molecular weight excluding hydrogens is 664 g/mol. The summed E-state index contributed by atoms with van der Waals surface area (Å²) in [5.74, 6) is -11.8. The van der Waals surface area contributed by atoms with Crippen LogP contribution in [0.1, 0.15) is 57.2 Å². The zero-order valence-electron chi connectivity index (χ0n) is 26.0. The smallest absolute Gasteiger partial charge is 0.244 e. The van der Waals surface area contributed by atoms with Crippen molar-refractivity contribution in [3.63, 3.8) is 0 Å². The molecule has 3 N–H and O–H groups in total. The van der Waals surface area contributed by atoms with Gasteiger partial charge in [-0.25, -0.2) is 22.0 Å². The average Bonchev–Trinajstić information content (AvgIpc) is 2.97. The maximum Gasteiger partial charge on any atom is 0.244 e. The molecule has 4 rings (SSSR count). The molecule has 0 aliphatic carbocycles. The van der Waals surface area contributed by atoms with E-state index in [1.54, 1.807) is 42.5 Å². The molecular formula is C34H34Cl2F5N3O3. The third-order valence-corrected chi connectivity index (χ3v) is 8.33. The second kappa shape index (κ2) is 14.6. The third-order valence-electron chi connectivity index (χ3n) is 7.62. The van der Waals surface area contributed by atoms with E-state index in [-0.39, 0.29) is 30.1 Å². The van der Waals surface area contributed by atoms with Crippen LogP contribution in [0.3, 0.4) is 0 Å². The lowest BCUT2D eigenvalue weighted by molar-refractivity contribution is -0.128. The molecule has 1 saturated heterocycles. The number of halogens is 7. The van der Waals surface area contributed by atoms with Gasteiger partial charge in [-0.15, -0.1) is 0 Å². The van der Waals surface area contributed by atoms with Gasteiger partial charge in [0, 0.05) is 45.2 Å². The number of benzene rings is 3. The van der Waals surface area contributed by atoms with E-state index >= 15 is 0 Å². The van der Waals surface area contributed by atoms with Gasteiger partial charge in [0.1, 0.15) is 18.4 Å². The number of amides is 2. The highest BCUT2D eigenvalue weighted by Crippen LogP contribution is 2.29. The summed E-state index contributed by atoms with van der Waals surface area (Å²) in [5.41, 5.74) is -0.630. The fourth-order valence-corrected chi connectivity index (χ4v) is 6.37. The summed E-state index contributed by atoms with van der Waals surface area (Å²) in [4.78, 5) is 26.5. The number of ether oxygens (including phenoxy) is 1. The summed E-state index contributed by atoms with van der Waals surface area (Å²) < 4.78 is 74.8. The normalized spacial score (nSPS) is 16.6. The van der Waals surface area contributed by atoms with Crippen LogP contribution in [0.2, 0.25) is 10.0 Å². The second-order valence-corrected chi connectivity index (χ2v) is 13.5. The Labute approximate surface area is 279 Å². The first-order chi connectivity index (χ1) is 22.0. The summed E-state index contributed by atoms with van der Waals surface area (Å²) >= 11 is 12.4. The van der Waals surface area contributed by atoms with Gasteiger partial charge in [-0.05, 0) is 76.4 Å². The van der Waals surface area contributed by atoms with Crippen LogP contribution >= 0.6 is 23.2 Å². The average molecular weight is 699 g/mol. The minimum atomic E-state index is -2.31. The number of piperidine rings is 1. The quantitative estimate of drug-likeness (QED) is 0.0891. The highest BCUT2D eigenvalue weighted by molar-refractivity contribution is 6.35. The van der Waals surface area contributed by atoms with Crippen molar-refractivity contribution in [3.05, 3.63) is 104 Å². The van der Waals surface area contributed by atoms with Crippen molar-refractivity contribution < 1.29 is 36.3 Å². The SMILES string of the molecule is CC1(C)CC(NC(=O)[C@H](Cc2ccc(OCc3c(Cl)cccc3Cl)cc2)NC(=O)/C=C/c2c(F)c(F)c(F)c(F)c2F)CC(C)(C)N1. The Kier molecular flexibility index (Phi) is 11.3. The van der Waals surface area contributed by atoms with Crippen LogP contribution in [-0.2, 0) is 22.6 Å². The number of hydrogen-bond donors (Lipinski definition) is 3. The molecule has 3 aromatic rings. The van der Waals surface area contributed by atoms with Crippen LogP contribution in [-0.4, -0.2) is 35.0 Å². The van der Waals surface area contributed by atoms with E-state index in [4.69, 9.17) is 27.9 Å². The Balaban J connectivity index is 1.52. The van der Waals surface area contributed by atoms with Crippen molar-refractivity contribution in [2.45, 2.75) is 76.7 Å². The van der Waals surface area contributed by atoms with Gasteiger partial charge in [-0.2, -0.15) is 0 Å². The van der Waals surface area contributed by atoms with Crippen molar-refractivity contribution in [2.75, 3.05) is 0 Å². The molecule has 2 amide bonds. The van der Waals surface area contributed by atoms with Gasteiger partial charge in [-0.3, -0.25) is 9.59 Å². The predicted octanol–water partition coefficient (Wildman–Crippen LogP) is 7.43. The summed E-state index contributed by atoms with van der Waals surface area (Å²) in [6.45, 7) is 8.16. The van der Waals surface area contributed by atoms with E-state index in [1.807, 2.05) is 27.7 Å². The van der Waals surface area contributed by atoms with E-state index in [0.29, 0.717) is 51.9 Å². The lowest BCUT2D eigenvalue weighted by Gasteiger charge is -2.46. The van der Waals surface area contributed by atoms with E-state index in [2.05, 4.69) is 16.0 Å². The number of rotatable bonds is 10. The van der Waals surface area contributed by atoms with E-state index in [1.165, 1.54) is 0 Å². The molecule has 0 radical (unpaired) electrons. The summed E-state index contributed by atoms with van der Waals surface area (Å²) in [6.07, 6.45) is 2.28. The molecule has 1 fully saturated rings. The Morgan fingerprint density at radius 2 is 1.43 bits per heavy atom. The molecule has 13 heteroatoms. The Morgan fingerprint density at radius 3 is 1.98 bits per heavy atom. The number of hydrogen-bond acceptors (Lipinski definition) is 4. The third kappa shape index (κ3) is 9.24. The van der Waals surface area contributed by atoms with E-state index in [9.17, 15) is 31.5 Å². The first-order valence-corrected chi connectivity index (χ1v) is 15.5. The molecule has 1 heterocycles. The monoisotopic (exact) mass is 697 g/mol. The van der Waals surface area contributed by atoms with E-state index < -0.39 is 52.5 Å². The highest BCUT2D eigenvalue weighted by Gasteiger charge is 2.39. The van der Waals surface area contributed by atoms with E-state index in [0.717, 1.165) is 0 Å². The zero-order chi connectivity index (χ0) is 34.7. The van der Waals surface area contributed by atoms with Gasteiger partial charge in [0.15, 0.2) is 23.3 Å². The molecule has 47 heavy (non-hydrogen) atoms. The Bertz CT molecular complexity index is 1620. The van der Waals surface area contributed by atoms with Crippen molar-refractivity contribution in [1.82, 2.24) is 16.0 Å². The largest absolute Gasteiger partial charge is 0.489 e. The lowest BCUT2D eigenvalue weighted by atomic mass is 9.79. The van der Waals surface area contributed by atoms with Gasteiger partial charge >= 0.3 is 0 Å². The minimum absolute atomic E-state index is 0.00230. The molecule has 0 bridgehead atoms. The minimum Gasteiger partial charge on any atom is -0.489 e. The van der Waals surface area contributed by atoms with Gasteiger partial charge < -0.3 is 20.7 Å². The maximum atomic E-state index is 14.1. The molecule has 0 aromatic heterocycles. The zero-order valence-corrected chi connectivity index (χ0v) is 27.6. The summed E-state index contributed by atoms with van der Waals surface area (Å²) in [6, 6.07) is 10.4. The molecule has 6 nitrogen and oxygen atoms in total. The molecule has 1 atom stereocenters. The van der Waals surface area contributed by atoms with Crippen LogP contribution in [0.25, 0.3) is 6.08 Å². The van der Waals surface area contributed by atoms with Crippen molar-refractivity contribution in [1.29, 1.82) is 0 Å². The number of nitrogens with one attached hydrogen (secondary N) is 3. The molecule has 0 saturated carbocycles. The molecule has 0 spiro atoms. The Hall–Kier alpha value is -3.67. The fraction of sp³-hybridized carbons (Fsp3) is 0.353. The van der Waals surface area contributed by atoms with Gasteiger partial charge in [-0.1, -0.05) is 41.4 Å². The van der Waals surface area contributed by atoms with Gasteiger partial charge in [0.05, 0.1) is 5.56 Å². The lowest BCUT2D eigenvalue weighted by Crippen LogP contribution is -2.63. The summed E-state index contributed by atoms with van der Waals surface area (Å²) in [7, 11) is 0. The van der Waals surface area contributed by atoms with Gasteiger partial charge in [0.25, 0.3) is 0 Å². The number of carbonyl (C=O) groups excluding carboxylic acids is 2. The van der Waals surface area contributed by atoms with Crippen molar-refractivity contribution in [3.8, 4) is 5.75 Å². The highest BCUT2D eigenvalue weighted by atomic mass is 35.5. The predicted molar refractivity (Wildman–Crippen MR) is 171 cm³/mol. The van der Waals surface area contributed by atoms with Crippen LogP contribution in [0, 0.1) is 29.1 Å². The van der Waals surface area contributed by atoms with Crippen molar-refractivity contribution in [2.24, 2.45) is 0 Å². The van der Waals surface area contributed by atoms with Crippen LogP contribution in [0.15, 0.2) is 48.5 Å². The van der Waals surface area contributed by atoms with Crippen LogP contribution < -0.4 is 20.7 Å². The topological polar surface area (TPSA) is 79.5 Å². The fourth-order valence-electron chi connectivity index (χ4n) is 5.87. The first kappa shape index (κ1) is 36.2. The summed E-state index contributed by atoms with van der Waals surface area (Å²) in [5, 5.41) is 9.93.